The molecular weight excluding hydrogens is 371 g/mol. The average molecular weight is 397 g/mol. The van der Waals surface area contributed by atoms with Gasteiger partial charge in [-0.05, 0) is 44.8 Å². The summed E-state index contributed by atoms with van der Waals surface area (Å²) in [6.07, 6.45) is 0. The van der Waals surface area contributed by atoms with Crippen LogP contribution < -0.4 is 14.8 Å². The molecule has 0 aliphatic carbocycles. The number of rotatable bonds is 10. The number of hydrogen-bond donors (Lipinski definition) is 1. The summed E-state index contributed by atoms with van der Waals surface area (Å²) in [6, 6.07) is 11.5. The Hall–Kier alpha value is -1.46. The van der Waals surface area contributed by atoms with Gasteiger partial charge in [-0.1, -0.05) is 41.4 Å². The Balaban J connectivity index is 2.09. The smallest absolute Gasteiger partial charge is 0.180 e. The molecule has 142 valence electrons. The van der Waals surface area contributed by atoms with Crippen molar-refractivity contribution in [3.63, 3.8) is 0 Å². The predicted octanol–water partition coefficient (Wildman–Crippen LogP) is 4.62. The lowest BCUT2D eigenvalue weighted by Gasteiger charge is -2.16. The maximum Gasteiger partial charge on any atom is 0.180 e. The summed E-state index contributed by atoms with van der Waals surface area (Å²) in [5, 5.41) is 4.60. The number of nitrogens with one attached hydrogen (secondary N) is 1. The maximum absolute atomic E-state index is 6.47. The summed E-state index contributed by atoms with van der Waals surface area (Å²) in [5.74, 6) is 1.20. The molecule has 0 amide bonds. The minimum absolute atomic E-state index is 0.333. The maximum atomic E-state index is 6.47. The number of benzene rings is 2. The molecule has 0 atom stereocenters. The minimum Gasteiger partial charge on any atom is -0.490 e. The molecule has 0 bridgehead atoms. The van der Waals surface area contributed by atoms with E-state index in [1.807, 2.05) is 43.3 Å². The van der Waals surface area contributed by atoms with Crippen molar-refractivity contribution in [2.45, 2.75) is 20.1 Å². The quantitative estimate of drug-likeness (QED) is 0.593. The van der Waals surface area contributed by atoms with E-state index in [1.54, 1.807) is 0 Å². The standard InChI is InChI=1S/C20H26Cl2N2O2/c1-4-25-19-12-15(13-23-9-10-24(2)3)11-18(22)20(19)26-14-16-7-5-6-8-17(16)21/h5-8,11-12,23H,4,9-10,13-14H2,1-3H3. The molecule has 2 aromatic carbocycles. The van der Waals surface area contributed by atoms with Crippen LogP contribution in [0, 0.1) is 0 Å². The van der Waals surface area contributed by atoms with Crippen LogP contribution in [0.2, 0.25) is 10.0 Å². The van der Waals surface area contributed by atoms with Crippen LogP contribution in [-0.4, -0.2) is 38.7 Å². The highest BCUT2D eigenvalue weighted by Gasteiger charge is 2.13. The first-order valence-corrected chi connectivity index (χ1v) is 9.43. The predicted molar refractivity (Wildman–Crippen MR) is 109 cm³/mol. The van der Waals surface area contributed by atoms with E-state index in [-0.39, 0.29) is 0 Å². The molecule has 0 spiro atoms. The van der Waals surface area contributed by atoms with E-state index in [0.717, 1.165) is 30.8 Å². The molecular formula is C20H26Cl2N2O2. The molecule has 0 saturated carbocycles. The van der Waals surface area contributed by atoms with E-state index in [4.69, 9.17) is 32.7 Å². The minimum atomic E-state index is 0.333. The number of halogens is 2. The van der Waals surface area contributed by atoms with Crippen LogP contribution in [0.1, 0.15) is 18.1 Å². The van der Waals surface area contributed by atoms with Gasteiger partial charge in [-0.3, -0.25) is 0 Å². The summed E-state index contributed by atoms with van der Waals surface area (Å²) >= 11 is 12.7. The Morgan fingerprint density at radius 1 is 1.04 bits per heavy atom. The Bertz CT molecular complexity index is 708. The first-order valence-electron chi connectivity index (χ1n) is 8.68. The molecule has 0 fully saturated rings. The average Bonchev–Trinajstić information content (AvgIpc) is 2.59. The molecule has 0 saturated heterocycles. The van der Waals surface area contributed by atoms with E-state index in [9.17, 15) is 0 Å². The number of likely N-dealkylation sites (N-methyl/N-ethyl adjacent to an activating group) is 1. The second-order valence-corrected chi connectivity index (χ2v) is 7.01. The highest BCUT2D eigenvalue weighted by molar-refractivity contribution is 6.32. The second kappa shape index (κ2) is 10.6. The molecule has 6 heteroatoms. The highest BCUT2D eigenvalue weighted by atomic mass is 35.5. The summed E-state index contributed by atoms with van der Waals surface area (Å²) in [6.45, 7) is 5.41. The fourth-order valence-corrected chi connectivity index (χ4v) is 2.91. The van der Waals surface area contributed by atoms with Crippen LogP contribution in [-0.2, 0) is 13.2 Å². The Kier molecular flexibility index (Phi) is 8.52. The number of hydrogen-bond acceptors (Lipinski definition) is 4. The number of nitrogens with zero attached hydrogens (tertiary/aromatic N) is 1. The van der Waals surface area contributed by atoms with E-state index in [0.29, 0.717) is 34.8 Å². The van der Waals surface area contributed by atoms with Crippen LogP contribution in [0.5, 0.6) is 11.5 Å². The van der Waals surface area contributed by atoms with Crippen molar-refractivity contribution in [2.75, 3.05) is 33.8 Å². The molecule has 0 radical (unpaired) electrons. The molecule has 1 N–H and O–H groups in total. The van der Waals surface area contributed by atoms with Gasteiger partial charge in [-0.25, -0.2) is 0 Å². The molecule has 2 rings (SSSR count). The SMILES string of the molecule is CCOc1cc(CNCCN(C)C)cc(Cl)c1OCc1ccccc1Cl. The Morgan fingerprint density at radius 3 is 2.50 bits per heavy atom. The van der Waals surface area contributed by atoms with Gasteiger partial charge < -0.3 is 19.7 Å². The highest BCUT2D eigenvalue weighted by Crippen LogP contribution is 2.37. The van der Waals surface area contributed by atoms with Gasteiger partial charge in [0.15, 0.2) is 11.5 Å². The van der Waals surface area contributed by atoms with Crippen molar-refractivity contribution < 1.29 is 9.47 Å². The largest absolute Gasteiger partial charge is 0.490 e. The van der Waals surface area contributed by atoms with Crippen molar-refractivity contribution in [3.05, 3.63) is 57.6 Å². The summed E-state index contributed by atoms with van der Waals surface area (Å²) in [4.78, 5) is 2.14. The third-order valence-electron chi connectivity index (χ3n) is 3.76. The van der Waals surface area contributed by atoms with E-state index in [2.05, 4.69) is 24.3 Å². The van der Waals surface area contributed by atoms with Crippen LogP contribution in [0.3, 0.4) is 0 Å². The zero-order valence-corrected chi connectivity index (χ0v) is 17.0. The molecule has 0 heterocycles. The molecule has 2 aromatic rings. The molecule has 4 nitrogen and oxygen atoms in total. The molecule has 0 aliphatic rings. The van der Waals surface area contributed by atoms with E-state index < -0.39 is 0 Å². The van der Waals surface area contributed by atoms with Gasteiger partial charge >= 0.3 is 0 Å². The molecule has 26 heavy (non-hydrogen) atoms. The third-order valence-corrected chi connectivity index (χ3v) is 4.41. The van der Waals surface area contributed by atoms with Gasteiger partial charge in [0.25, 0.3) is 0 Å². The Morgan fingerprint density at radius 2 is 1.81 bits per heavy atom. The molecule has 0 aliphatic heterocycles. The van der Waals surface area contributed by atoms with Gasteiger partial charge in [0.2, 0.25) is 0 Å². The van der Waals surface area contributed by atoms with Gasteiger partial charge in [0.05, 0.1) is 11.6 Å². The second-order valence-electron chi connectivity index (χ2n) is 6.20. The monoisotopic (exact) mass is 396 g/mol. The summed E-state index contributed by atoms with van der Waals surface area (Å²) in [5.41, 5.74) is 1.96. The first kappa shape index (κ1) is 20.8. The lowest BCUT2D eigenvalue weighted by Crippen LogP contribution is -2.26. The van der Waals surface area contributed by atoms with E-state index in [1.165, 1.54) is 0 Å². The van der Waals surface area contributed by atoms with Crippen molar-refractivity contribution in [3.8, 4) is 11.5 Å². The third kappa shape index (κ3) is 6.36. The lowest BCUT2D eigenvalue weighted by atomic mass is 10.2. The van der Waals surface area contributed by atoms with Crippen molar-refractivity contribution in [1.82, 2.24) is 10.2 Å². The topological polar surface area (TPSA) is 33.7 Å². The zero-order valence-electron chi connectivity index (χ0n) is 15.5. The van der Waals surface area contributed by atoms with Gasteiger partial charge in [0, 0.05) is 30.2 Å². The van der Waals surface area contributed by atoms with Gasteiger partial charge in [-0.15, -0.1) is 0 Å². The summed E-state index contributed by atoms with van der Waals surface area (Å²) < 4.78 is 11.7. The van der Waals surface area contributed by atoms with Crippen LogP contribution in [0.15, 0.2) is 36.4 Å². The number of ether oxygens (including phenoxy) is 2. The van der Waals surface area contributed by atoms with Crippen LogP contribution in [0.4, 0.5) is 0 Å². The molecule has 0 unspecified atom stereocenters. The summed E-state index contributed by atoms with van der Waals surface area (Å²) in [7, 11) is 4.10. The first-order chi connectivity index (χ1) is 12.5. The Labute approximate surface area is 166 Å². The fourth-order valence-electron chi connectivity index (χ4n) is 2.43. The normalized spacial score (nSPS) is 11.0. The van der Waals surface area contributed by atoms with Gasteiger partial charge in [0.1, 0.15) is 6.61 Å². The van der Waals surface area contributed by atoms with Gasteiger partial charge in [-0.2, -0.15) is 0 Å². The van der Waals surface area contributed by atoms with Crippen LogP contribution >= 0.6 is 23.2 Å². The van der Waals surface area contributed by atoms with Crippen molar-refractivity contribution in [1.29, 1.82) is 0 Å². The van der Waals surface area contributed by atoms with Crippen molar-refractivity contribution in [2.24, 2.45) is 0 Å². The zero-order chi connectivity index (χ0) is 18.9. The van der Waals surface area contributed by atoms with Crippen LogP contribution in [0.25, 0.3) is 0 Å². The lowest BCUT2D eigenvalue weighted by molar-refractivity contribution is 0.269. The van der Waals surface area contributed by atoms with Crippen molar-refractivity contribution >= 4 is 23.2 Å². The fraction of sp³-hybridized carbons (Fsp3) is 0.400. The molecule has 0 aromatic heterocycles. The van der Waals surface area contributed by atoms with E-state index >= 15 is 0 Å².